The normalized spacial score (nSPS) is 14.7. The summed E-state index contributed by atoms with van der Waals surface area (Å²) in [5, 5.41) is 0.497. The van der Waals surface area contributed by atoms with Crippen molar-refractivity contribution in [3.8, 4) is 17.0 Å². The fraction of sp³-hybridized carbons (Fsp3) is 0.308. The van der Waals surface area contributed by atoms with Crippen LogP contribution in [-0.4, -0.2) is 32.8 Å². The van der Waals surface area contributed by atoms with Gasteiger partial charge < -0.3 is 10.5 Å². The molecule has 0 bridgehead atoms. The summed E-state index contributed by atoms with van der Waals surface area (Å²) < 4.78 is 30.7. The summed E-state index contributed by atoms with van der Waals surface area (Å²) in [5.74, 6) is 0.566. The Labute approximate surface area is 127 Å². The zero-order chi connectivity index (χ0) is 15.2. The second-order valence-electron chi connectivity index (χ2n) is 4.82. The summed E-state index contributed by atoms with van der Waals surface area (Å²) in [6, 6.07) is 5.43. The number of benzene rings is 1. The summed E-state index contributed by atoms with van der Waals surface area (Å²) in [5.41, 5.74) is 7.88. The molecule has 2 N–H and O–H groups in total. The number of ether oxygens (including phenoxy) is 1. The van der Waals surface area contributed by atoms with Gasteiger partial charge in [-0.05, 0) is 25.1 Å². The molecule has 0 radical (unpaired) electrons. The molecular weight excluding hydrogens is 310 g/mol. The number of nitrogens with zero attached hydrogens (tertiary/aromatic N) is 2. The molecule has 3 rings (SSSR count). The van der Waals surface area contributed by atoms with Crippen LogP contribution in [0, 0.1) is 6.92 Å². The Morgan fingerprint density at radius 3 is 2.81 bits per heavy atom. The third-order valence-electron chi connectivity index (χ3n) is 3.27. The van der Waals surface area contributed by atoms with Crippen LogP contribution in [0.1, 0.15) is 4.88 Å². The minimum atomic E-state index is -3.33. The molecule has 1 aromatic heterocycles. The number of aryl methyl sites for hydroxylation is 1. The number of aromatic nitrogens is 1. The highest BCUT2D eigenvalue weighted by molar-refractivity contribution is 7.92. The van der Waals surface area contributed by atoms with Crippen LogP contribution in [0.25, 0.3) is 11.3 Å². The Morgan fingerprint density at radius 2 is 2.19 bits per heavy atom. The lowest BCUT2D eigenvalue weighted by molar-refractivity contribution is 0.316. The van der Waals surface area contributed by atoms with Crippen LogP contribution in [0.3, 0.4) is 0 Å². The molecule has 0 aliphatic carbocycles. The molecule has 0 amide bonds. The van der Waals surface area contributed by atoms with Crippen molar-refractivity contribution in [2.45, 2.75) is 6.92 Å². The molecule has 0 saturated heterocycles. The van der Waals surface area contributed by atoms with E-state index >= 15 is 0 Å². The van der Waals surface area contributed by atoms with Gasteiger partial charge >= 0.3 is 0 Å². The first kappa shape index (κ1) is 14.2. The van der Waals surface area contributed by atoms with Gasteiger partial charge in [0.05, 0.1) is 24.2 Å². The fourth-order valence-corrected chi connectivity index (χ4v) is 3.99. The van der Waals surface area contributed by atoms with Crippen molar-refractivity contribution in [3.05, 3.63) is 23.1 Å². The van der Waals surface area contributed by atoms with Crippen molar-refractivity contribution in [2.24, 2.45) is 0 Å². The van der Waals surface area contributed by atoms with E-state index in [9.17, 15) is 8.42 Å². The number of sulfonamides is 1. The number of rotatable bonds is 2. The Morgan fingerprint density at radius 1 is 1.43 bits per heavy atom. The molecule has 112 valence electrons. The third kappa shape index (κ3) is 2.56. The van der Waals surface area contributed by atoms with Crippen molar-refractivity contribution in [1.82, 2.24) is 4.98 Å². The second kappa shape index (κ2) is 4.88. The lowest BCUT2D eigenvalue weighted by Gasteiger charge is -2.29. The lowest BCUT2D eigenvalue weighted by atomic mass is 10.1. The van der Waals surface area contributed by atoms with Gasteiger partial charge in [0.1, 0.15) is 12.4 Å². The topological polar surface area (TPSA) is 85.5 Å². The van der Waals surface area contributed by atoms with Crippen LogP contribution < -0.4 is 14.8 Å². The highest BCUT2D eigenvalue weighted by Gasteiger charge is 2.26. The summed E-state index contributed by atoms with van der Waals surface area (Å²) >= 11 is 1.41. The number of thiazole rings is 1. The minimum absolute atomic E-state index is 0.313. The Hall–Kier alpha value is -1.80. The Bertz CT molecular complexity index is 799. The van der Waals surface area contributed by atoms with Gasteiger partial charge in [-0.1, -0.05) is 0 Å². The van der Waals surface area contributed by atoms with E-state index in [1.165, 1.54) is 21.9 Å². The summed E-state index contributed by atoms with van der Waals surface area (Å²) in [7, 11) is -3.33. The van der Waals surface area contributed by atoms with Crippen LogP contribution in [0.4, 0.5) is 10.8 Å². The predicted molar refractivity (Wildman–Crippen MR) is 84.4 cm³/mol. The van der Waals surface area contributed by atoms with E-state index in [0.29, 0.717) is 29.7 Å². The third-order valence-corrected chi connectivity index (χ3v) is 5.25. The molecule has 8 heteroatoms. The van der Waals surface area contributed by atoms with E-state index in [2.05, 4.69) is 4.98 Å². The maximum absolute atomic E-state index is 11.9. The van der Waals surface area contributed by atoms with Gasteiger partial charge in [-0.2, -0.15) is 0 Å². The molecular formula is C13H15N3O3S2. The van der Waals surface area contributed by atoms with Gasteiger partial charge in [0.25, 0.3) is 0 Å². The van der Waals surface area contributed by atoms with Crippen molar-refractivity contribution in [2.75, 3.05) is 29.4 Å². The van der Waals surface area contributed by atoms with Crippen molar-refractivity contribution < 1.29 is 13.2 Å². The first-order valence-corrected chi connectivity index (χ1v) is 9.00. The molecule has 2 heterocycles. The number of hydrogen-bond acceptors (Lipinski definition) is 6. The molecule has 0 fully saturated rings. The fourth-order valence-electron chi connectivity index (χ4n) is 2.37. The van der Waals surface area contributed by atoms with E-state index in [1.54, 1.807) is 12.1 Å². The quantitative estimate of drug-likeness (QED) is 0.911. The van der Waals surface area contributed by atoms with Crippen LogP contribution in [0.2, 0.25) is 0 Å². The predicted octanol–water partition coefficient (Wildman–Crippen LogP) is 1.86. The van der Waals surface area contributed by atoms with Crippen molar-refractivity contribution in [3.63, 3.8) is 0 Å². The number of hydrogen-bond donors (Lipinski definition) is 1. The molecule has 0 atom stereocenters. The number of anilines is 2. The van der Waals surface area contributed by atoms with Gasteiger partial charge in [0.15, 0.2) is 5.13 Å². The average Bonchev–Trinajstić information content (AvgIpc) is 2.75. The smallest absolute Gasteiger partial charge is 0.232 e. The van der Waals surface area contributed by atoms with E-state index in [1.807, 2.05) is 13.0 Å². The van der Waals surface area contributed by atoms with E-state index < -0.39 is 10.0 Å². The Kier molecular flexibility index (Phi) is 3.29. The highest BCUT2D eigenvalue weighted by atomic mass is 32.2. The average molecular weight is 325 g/mol. The molecule has 1 aliphatic rings. The summed E-state index contributed by atoms with van der Waals surface area (Å²) in [6.45, 7) is 2.60. The van der Waals surface area contributed by atoms with Crippen molar-refractivity contribution in [1.29, 1.82) is 0 Å². The molecule has 6 nitrogen and oxygen atoms in total. The standard InChI is InChI=1S/C13H15N3O3S2/c1-8-12(15-13(14)20-8)9-3-4-11-10(7-9)16(5-6-19-11)21(2,17)18/h3-4,7H,5-6H2,1-2H3,(H2,14,15). The second-order valence-corrected chi connectivity index (χ2v) is 7.96. The van der Waals surface area contributed by atoms with E-state index in [0.717, 1.165) is 16.1 Å². The monoisotopic (exact) mass is 325 g/mol. The SMILES string of the molecule is Cc1sc(N)nc1-c1ccc2c(c1)N(S(C)(=O)=O)CCO2. The van der Waals surface area contributed by atoms with Gasteiger partial charge in [0, 0.05) is 10.4 Å². The number of fused-ring (bicyclic) bond motifs is 1. The largest absolute Gasteiger partial charge is 0.489 e. The first-order chi connectivity index (χ1) is 9.86. The lowest BCUT2D eigenvalue weighted by Crippen LogP contribution is -2.37. The van der Waals surface area contributed by atoms with Crippen LogP contribution in [0.15, 0.2) is 18.2 Å². The molecule has 0 saturated carbocycles. The highest BCUT2D eigenvalue weighted by Crippen LogP contribution is 2.38. The summed E-state index contributed by atoms with van der Waals surface area (Å²) in [6.07, 6.45) is 1.20. The zero-order valence-electron chi connectivity index (χ0n) is 11.7. The van der Waals surface area contributed by atoms with Gasteiger partial charge in [-0.25, -0.2) is 13.4 Å². The minimum Gasteiger partial charge on any atom is -0.489 e. The van der Waals surface area contributed by atoms with Gasteiger partial charge in [0.2, 0.25) is 10.0 Å². The van der Waals surface area contributed by atoms with E-state index in [4.69, 9.17) is 10.5 Å². The number of nitrogens with two attached hydrogens (primary N) is 1. The van der Waals surface area contributed by atoms with Crippen LogP contribution in [-0.2, 0) is 10.0 Å². The molecule has 21 heavy (non-hydrogen) atoms. The van der Waals surface area contributed by atoms with Gasteiger partial charge in [-0.3, -0.25) is 4.31 Å². The molecule has 2 aromatic rings. The maximum Gasteiger partial charge on any atom is 0.232 e. The first-order valence-electron chi connectivity index (χ1n) is 6.34. The summed E-state index contributed by atoms with van der Waals surface area (Å²) in [4.78, 5) is 5.30. The Balaban J connectivity index is 2.14. The molecule has 0 spiro atoms. The molecule has 1 aliphatic heterocycles. The maximum atomic E-state index is 11.9. The molecule has 0 unspecified atom stereocenters. The molecule has 1 aromatic carbocycles. The van der Waals surface area contributed by atoms with Gasteiger partial charge in [-0.15, -0.1) is 11.3 Å². The van der Waals surface area contributed by atoms with Crippen LogP contribution >= 0.6 is 11.3 Å². The van der Waals surface area contributed by atoms with Crippen LogP contribution in [0.5, 0.6) is 5.75 Å². The van der Waals surface area contributed by atoms with E-state index in [-0.39, 0.29) is 0 Å². The number of nitrogen functional groups attached to an aromatic ring is 1. The zero-order valence-corrected chi connectivity index (χ0v) is 13.3. The van der Waals surface area contributed by atoms with Crippen molar-refractivity contribution >= 4 is 32.2 Å².